The Hall–Kier alpha value is -1.06. The lowest BCUT2D eigenvalue weighted by Gasteiger charge is -2.13. The van der Waals surface area contributed by atoms with Crippen LogP contribution in [0.15, 0.2) is 0 Å². The molecule has 0 N–H and O–H groups in total. The van der Waals surface area contributed by atoms with Crippen molar-refractivity contribution in [3.63, 3.8) is 0 Å². The zero-order chi connectivity index (χ0) is 10.1. The monoisotopic (exact) mass is 174 g/mol. The first-order valence-corrected chi connectivity index (χ1v) is 3.74. The van der Waals surface area contributed by atoms with Crippen molar-refractivity contribution in [1.29, 1.82) is 0 Å². The maximum Gasteiger partial charge on any atom is 0.209 e. The molecule has 0 radical (unpaired) electrons. The van der Waals surface area contributed by atoms with Crippen LogP contribution in [0.3, 0.4) is 0 Å². The third-order valence-corrected chi connectivity index (χ3v) is 1.19. The van der Waals surface area contributed by atoms with Crippen LogP contribution in [-0.4, -0.2) is 49.8 Å². The summed E-state index contributed by atoms with van der Waals surface area (Å²) in [6.45, 7) is 3.93. The van der Waals surface area contributed by atoms with Gasteiger partial charge in [0.1, 0.15) is 0 Å². The van der Waals surface area contributed by atoms with Gasteiger partial charge in [-0.25, -0.2) is 0 Å². The zero-order valence-corrected chi connectivity index (χ0v) is 8.44. The molecule has 0 unspecified atom stereocenters. The second-order valence-electron chi connectivity index (χ2n) is 2.93. The predicted octanol–water partition coefficient (Wildman–Crippen LogP) is 0.187. The summed E-state index contributed by atoms with van der Waals surface area (Å²) in [5.41, 5.74) is 0. The first kappa shape index (κ1) is 13.5. The zero-order valence-electron chi connectivity index (χ0n) is 8.44. The molecule has 2 amide bonds. The van der Waals surface area contributed by atoms with Gasteiger partial charge >= 0.3 is 0 Å². The lowest BCUT2D eigenvalue weighted by atomic mass is 10.4. The van der Waals surface area contributed by atoms with Gasteiger partial charge in [0.2, 0.25) is 12.8 Å². The van der Waals surface area contributed by atoms with Crippen LogP contribution in [0.4, 0.5) is 0 Å². The summed E-state index contributed by atoms with van der Waals surface area (Å²) in [5, 5.41) is 0. The summed E-state index contributed by atoms with van der Waals surface area (Å²) in [6.07, 6.45) is 1.57. The van der Waals surface area contributed by atoms with Gasteiger partial charge in [0.25, 0.3) is 0 Å². The fraction of sp³-hybridized carbons (Fsp3) is 0.750. The minimum absolute atomic E-state index is 0.331. The van der Waals surface area contributed by atoms with Crippen LogP contribution in [0.25, 0.3) is 0 Å². The molecule has 0 aromatic carbocycles. The SMILES string of the molecule is CC(C)N(C)C=O.CN(C)C=O. The van der Waals surface area contributed by atoms with Crippen LogP contribution in [0.2, 0.25) is 0 Å². The Balaban J connectivity index is 0. The molecule has 0 heterocycles. The van der Waals surface area contributed by atoms with Gasteiger partial charge in [-0.3, -0.25) is 9.59 Å². The largest absolute Gasteiger partial charge is 0.351 e. The molecule has 0 saturated carbocycles. The van der Waals surface area contributed by atoms with Crippen LogP contribution in [-0.2, 0) is 9.59 Å². The van der Waals surface area contributed by atoms with E-state index in [-0.39, 0.29) is 0 Å². The average Bonchev–Trinajstić information content (AvgIpc) is 2.04. The maximum absolute atomic E-state index is 9.87. The molecular weight excluding hydrogens is 156 g/mol. The molecule has 0 bridgehead atoms. The van der Waals surface area contributed by atoms with E-state index in [4.69, 9.17) is 0 Å². The third-order valence-electron chi connectivity index (χ3n) is 1.19. The quantitative estimate of drug-likeness (QED) is 0.573. The molecule has 0 rings (SSSR count). The van der Waals surface area contributed by atoms with E-state index in [2.05, 4.69) is 0 Å². The molecule has 0 atom stereocenters. The molecule has 0 saturated heterocycles. The van der Waals surface area contributed by atoms with Crippen molar-refractivity contribution in [3.8, 4) is 0 Å². The van der Waals surface area contributed by atoms with Crippen molar-refractivity contribution in [2.45, 2.75) is 19.9 Å². The summed E-state index contributed by atoms with van der Waals surface area (Å²) in [5.74, 6) is 0. The van der Waals surface area contributed by atoms with E-state index in [0.29, 0.717) is 6.04 Å². The highest BCUT2D eigenvalue weighted by Crippen LogP contribution is 1.85. The van der Waals surface area contributed by atoms with Gasteiger partial charge in [0.05, 0.1) is 0 Å². The van der Waals surface area contributed by atoms with Crippen LogP contribution < -0.4 is 0 Å². The summed E-state index contributed by atoms with van der Waals surface area (Å²) in [6, 6.07) is 0.331. The van der Waals surface area contributed by atoms with Crippen molar-refractivity contribution in [1.82, 2.24) is 9.80 Å². The summed E-state index contributed by atoms with van der Waals surface area (Å²) >= 11 is 0. The minimum Gasteiger partial charge on any atom is -0.351 e. The van der Waals surface area contributed by atoms with Gasteiger partial charge < -0.3 is 9.80 Å². The Morgan fingerprint density at radius 2 is 1.33 bits per heavy atom. The van der Waals surface area contributed by atoms with Crippen LogP contribution in [0.1, 0.15) is 13.8 Å². The van der Waals surface area contributed by atoms with E-state index < -0.39 is 0 Å². The Morgan fingerprint density at radius 3 is 1.33 bits per heavy atom. The summed E-state index contributed by atoms with van der Waals surface area (Å²) < 4.78 is 0. The van der Waals surface area contributed by atoms with Gasteiger partial charge in [0.15, 0.2) is 0 Å². The number of amides is 2. The smallest absolute Gasteiger partial charge is 0.209 e. The summed E-state index contributed by atoms with van der Waals surface area (Å²) in [7, 11) is 5.14. The number of carbonyl (C=O) groups is 2. The van der Waals surface area contributed by atoms with Gasteiger partial charge in [-0.15, -0.1) is 0 Å². The molecule has 0 aromatic rings. The molecule has 4 nitrogen and oxygen atoms in total. The Bertz CT molecular complexity index is 124. The van der Waals surface area contributed by atoms with Gasteiger partial charge in [-0.1, -0.05) is 0 Å². The summed E-state index contributed by atoms with van der Waals surface area (Å²) in [4.78, 5) is 22.4. The molecule has 4 heteroatoms. The van der Waals surface area contributed by atoms with Crippen molar-refractivity contribution in [2.75, 3.05) is 21.1 Å². The van der Waals surface area contributed by atoms with Crippen molar-refractivity contribution in [3.05, 3.63) is 0 Å². The Morgan fingerprint density at radius 1 is 1.00 bits per heavy atom. The lowest BCUT2D eigenvalue weighted by Crippen LogP contribution is -2.23. The number of rotatable bonds is 3. The molecule has 72 valence electrons. The number of carbonyl (C=O) groups excluding carboxylic acids is 2. The van der Waals surface area contributed by atoms with E-state index in [9.17, 15) is 9.59 Å². The Kier molecular flexibility index (Phi) is 9.06. The first-order chi connectivity index (χ1) is 5.45. The molecule has 0 fully saturated rings. The van der Waals surface area contributed by atoms with E-state index in [1.807, 2.05) is 13.8 Å². The highest BCUT2D eigenvalue weighted by Gasteiger charge is 1.94. The Labute approximate surface area is 74.1 Å². The predicted molar refractivity (Wildman–Crippen MR) is 48.7 cm³/mol. The van der Waals surface area contributed by atoms with Crippen molar-refractivity contribution in [2.24, 2.45) is 0 Å². The number of hydrogen-bond donors (Lipinski definition) is 0. The van der Waals surface area contributed by atoms with Crippen molar-refractivity contribution < 1.29 is 9.59 Å². The van der Waals surface area contributed by atoms with Gasteiger partial charge in [0, 0.05) is 27.2 Å². The second-order valence-corrected chi connectivity index (χ2v) is 2.93. The van der Waals surface area contributed by atoms with Gasteiger partial charge in [-0.2, -0.15) is 0 Å². The second kappa shape index (κ2) is 8.04. The van der Waals surface area contributed by atoms with Crippen LogP contribution in [0.5, 0.6) is 0 Å². The molecule has 0 spiro atoms. The van der Waals surface area contributed by atoms with E-state index in [1.165, 1.54) is 4.90 Å². The highest BCUT2D eigenvalue weighted by atomic mass is 16.1. The normalized spacial score (nSPS) is 8.17. The molecule has 0 aliphatic heterocycles. The molecule has 0 aromatic heterocycles. The average molecular weight is 174 g/mol. The number of nitrogens with zero attached hydrogens (tertiary/aromatic N) is 2. The van der Waals surface area contributed by atoms with Crippen LogP contribution >= 0.6 is 0 Å². The van der Waals surface area contributed by atoms with Crippen LogP contribution in [0, 0.1) is 0 Å². The van der Waals surface area contributed by atoms with E-state index >= 15 is 0 Å². The standard InChI is InChI=1S/C5H11NO.C3H7NO/c1-5(2)6(3)4-7;1-4(2)3-5/h4-5H,1-3H3;3H,1-2H3. The van der Waals surface area contributed by atoms with Gasteiger partial charge in [-0.05, 0) is 13.8 Å². The molecule has 0 aliphatic rings. The molecular formula is C8H18N2O2. The maximum atomic E-state index is 9.87. The van der Waals surface area contributed by atoms with E-state index in [0.717, 1.165) is 12.8 Å². The topological polar surface area (TPSA) is 40.6 Å². The van der Waals surface area contributed by atoms with E-state index in [1.54, 1.807) is 26.0 Å². The fourth-order valence-corrected chi connectivity index (χ4v) is 0.122. The highest BCUT2D eigenvalue weighted by molar-refractivity contribution is 5.46. The first-order valence-electron chi connectivity index (χ1n) is 3.74. The molecule has 0 aliphatic carbocycles. The fourth-order valence-electron chi connectivity index (χ4n) is 0.122. The van der Waals surface area contributed by atoms with Crippen molar-refractivity contribution >= 4 is 12.8 Å². The number of hydrogen-bond acceptors (Lipinski definition) is 2. The molecule has 12 heavy (non-hydrogen) atoms. The third kappa shape index (κ3) is 11.7. The minimum atomic E-state index is 0.331. The lowest BCUT2D eigenvalue weighted by molar-refractivity contribution is -0.118.